The van der Waals surface area contributed by atoms with Gasteiger partial charge in [0.1, 0.15) is 6.67 Å². The number of hydrogen-bond donors (Lipinski definition) is 2. The van der Waals surface area contributed by atoms with Gasteiger partial charge in [-0.2, -0.15) is 0 Å². The van der Waals surface area contributed by atoms with E-state index in [0.717, 1.165) is 5.57 Å². The normalized spacial score (nSPS) is 17.1. The zero-order valence-electron chi connectivity index (χ0n) is 8.14. The van der Waals surface area contributed by atoms with Crippen LogP contribution in [0, 0.1) is 11.8 Å². The van der Waals surface area contributed by atoms with Crippen LogP contribution >= 0.6 is 0 Å². The maximum absolute atomic E-state index is 9.02. The van der Waals surface area contributed by atoms with Gasteiger partial charge in [0.15, 0.2) is 0 Å². The van der Waals surface area contributed by atoms with Crippen LogP contribution in [0.5, 0.6) is 0 Å². The molecule has 1 aliphatic rings. The number of aliphatic hydroxyl groups excluding tert-OH is 2. The second-order valence-corrected chi connectivity index (χ2v) is 3.14. The number of aliphatic hydroxyl groups is 2. The fourth-order valence-electron chi connectivity index (χ4n) is 0.980. The zero-order valence-corrected chi connectivity index (χ0v) is 8.14. The van der Waals surface area contributed by atoms with Crippen LogP contribution in [-0.2, 0) is 0 Å². The van der Waals surface area contributed by atoms with Gasteiger partial charge in [0.2, 0.25) is 0 Å². The molecule has 76 valence electrons. The van der Waals surface area contributed by atoms with Crippen LogP contribution in [0.25, 0.3) is 0 Å². The van der Waals surface area contributed by atoms with Gasteiger partial charge in [-0.1, -0.05) is 11.8 Å². The van der Waals surface area contributed by atoms with Crippen LogP contribution in [0.2, 0.25) is 0 Å². The van der Waals surface area contributed by atoms with E-state index >= 15 is 0 Å². The average molecular weight is 194 g/mol. The third kappa shape index (κ3) is 3.60. The molecule has 1 rings (SSSR count). The van der Waals surface area contributed by atoms with Gasteiger partial charge >= 0.3 is 0 Å². The Morgan fingerprint density at radius 2 is 2.50 bits per heavy atom. The molecule has 0 aromatic carbocycles. The molecular formula is C10H14N2O2. The van der Waals surface area contributed by atoms with Crippen molar-refractivity contribution in [3.05, 3.63) is 11.8 Å². The second-order valence-electron chi connectivity index (χ2n) is 3.14. The van der Waals surface area contributed by atoms with E-state index in [1.165, 1.54) is 0 Å². The number of aliphatic imine (C=N–C) groups is 1. The Labute approximate surface area is 83.6 Å². The van der Waals surface area contributed by atoms with Gasteiger partial charge in [-0.3, -0.25) is 4.99 Å². The molecule has 0 saturated carbocycles. The van der Waals surface area contributed by atoms with Crippen LogP contribution < -0.4 is 0 Å². The van der Waals surface area contributed by atoms with Crippen LogP contribution in [0.3, 0.4) is 0 Å². The van der Waals surface area contributed by atoms with Gasteiger partial charge in [-0.05, 0) is 0 Å². The van der Waals surface area contributed by atoms with Crippen LogP contribution in [0.15, 0.2) is 16.8 Å². The first-order valence-corrected chi connectivity index (χ1v) is 4.42. The monoisotopic (exact) mass is 194 g/mol. The number of allylic oxidation sites excluding steroid dienone is 1. The molecule has 0 radical (unpaired) electrons. The van der Waals surface area contributed by atoms with E-state index in [0.29, 0.717) is 6.67 Å². The maximum Gasteiger partial charge on any atom is 0.109 e. The summed E-state index contributed by atoms with van der Waals surface area (Å²) in [5.41, 5.74) is 0.823. The van der Waals surface area contributed by atoms with Crippen molar-refractivity contribution in [1.29, 1.82) is 0 Å². The summed E-state index contributed by atoms with van der Waals surface area (Å²) in [5, 5.41) is 17.6. The Morgan fingerprint density at radius 3 is 3.14 bits per heavy atom. The molecule has 0 aliphatic carbocycles. The Hall–Kier alpha value is -1.31. The average Bonchev–Trinajstić information content (AvgIpc) is 2.17. The molecule has 1 atom stereocenters. The summed E-state index contributed by atoms with van der Waals surface area (Å²) >= 11 is 0. The van der Waals surface area contributed by atoms with E-state index in [4.69, 9.17) is 10.2 Å². The quantitative estimate of drug-likeness (QED) is 0.588. The van der Waals surface area contributed by atoms with Crippen LogP contribution in [-0.4, -0.2) is 47.8 Å². The van der Waals surface area contributed by atoms with E-state index in [1.54, 1.807) is 6.21 Å². The first-order chi connectivity index (χ1) is 6.72. The predicted octanol–water partition coefficient (Wildman–Crippen LogP) is -0.409. The fraction of sp³-hybridized carbons (Fsp3) is 0.500. The van der Waals surface area contributed by atoms with Gasteiger partial charge in [-0.15, -0.1) is 0 Å². The van der Waals surface area contributed by atoms with Gasteiger partial charge < -0.3 is 15.1 Å². The Balaban J connectivity index is 2.47. The van der Waals surface area contributed by atoms with Crippen molar-refractivity contribution in [1.82, 2.24) is 4.90 Å². The molecule has 1 aliphatic heterocycles. The zero-order chi connectivity index (χ0) is 10.4. The summed E-state index contributed by atoms with van der Waals surface area (Å²) < 4.78 is 0. The van der Waals surface area contributed by atoms with Crippen LogP contribution in [0.1, 0.15) is 6.42 Å². The summed E-state index contributed by atoms with van der Waals surface area (Å²) in [7, 11) is 1.92. The van der Waals surface area contributed by atoms with E-state index in [9.17, 15) is 0 Å². The first kappa shape index (κ1) is 10.8. The number of rotatable bonds is 2. The lowest BCUT2D eigenvalue weighted by Crippen LogP contribution is -2.15. The van der Waals surface area contributed by atoms with Gasteiger partial charge in [0.25, 0.3) is 0 Å². The van der Waals surface area contributed by atoms with Crippen molar-refractivity contribution in [2.75, 3.05) is 20.3 Å². The molecule has 0 amide bonds. The minimum atomic E-state index is -0.749. The lowest BCUT2D eigenvalue weighted by Gasteiger charge is -2.14. The molecule has 0 fully saturated rings. The third-order valence-electron chi connectivity index (χ3n) is 1.68. The minimum absolute atomic E-state index is 0.248. The minimum Gasteiger partial charge on any atom is -0.394 e. The number of nitrogens with zero attached hydrogens (tertiary/aromatic N) is 2. The highest BCUT2D eigenvalue weighted by molar-refractivity contribution is 5.85. The van der Waals surface area contributed by atoms with Crippen molar-refractivity contribution in [3.8, 4) is 11.8 Å². The summed E-state index contributed by atoms with van der Waals surface area (Å²) in [6, 6.07) is 0. The molecule has 0 spiro atoms. The fourth-order valence-corrected chi connectivity index (χ4v) is 0.980. The molecule has 0 bridgehead atoms. The molecule has 0 unspecified atom stereocenters. The summed E-state index contributed by atoms with van der Waals surface area (Å²) in [6.07, 6.45) is 3.14. The van der Waals surface area contributed by atoms with E-state index in [2.05, 4.69) is 16.8 Å². The van der Waals surface area contributed by atoms with Gasteiger partial charge in [0, 0.05) is 25.9 Å². The van der Waals surface area contributed by atoms with E-state index in [1.807, 2.05) is 18.1 Å². The number of hydrogen-bond acceptors (Lipinski definition) is 4. The molecular weight excluding hydrogens is 180 g/mol. The van der Waals surface area contributed by atoms with Crippen molar-refractivity contribution in [3.63, 3.8) is 0 Å². The standard InChI is InChI=1S/C10H14N2O2/c1-12-6-9(5-11-8-12)3-2-4-10(14)7-13/h5-6,10,13-14H,4,7-8H2,1H3/t10-/m0/s1. The molecule has 2 N–H and O–H groups in total. The highest BCUT2D eigenvalue weighted by atomic mass is 16.3. The Bertz CT molecular complexity index is 299. The molecule has 0 saturated heterocycles. The van der Waals surface area contributed by atoms with Gasteiger partial charge in [0.05, 0.1) is 18.3 Å². The lowest BCUT2D eigenvalue weighted by atomic mass is 10.2. The molecule has 1 heterocycles. The summed E-state index contributed by atoms with van der Waals surface area (Å²) in [6.45, 7) is 0.409. The molecule has 4 nitrogen and oxygen atoms in total. The smallest absolute Gasteiger partial charge is 0.109 e. The Morgan fingerprint density at radius 1 is 1.71 bits per heavy atom. The Kier molecular flexibility index (Phi) is 4.17. The highest BCUT2D eigenvalue weighted by Gasteiger charge is 1.99. The SMILES string of the molecule is CN1C=C(C#CC[C@H](O)CO)C=NC1. The molecule has 14 heavy (non-hydrogen) atoms. The molecule has 4 heteroatoms. The van der Waals surface area contributed by atoms with Crippen molar-refractivity contribution in [2.24, 2.45) is 4.99 Å². The van der Waals surface area contributed by atoms with Crippen molar-refractivity contribution < 1.29 is 10.2 Å². The summed E-state index contributed by atoms with van der Waals surface area (Å²) in [5.74, 6) is 5.65. The van der Waals surface area contributed by atoms with Crippen molar-refractivity contribution >= 4 is 6.21 Å². The third-order valence-corrected chi connectivity index (χ3v) is 1.68. The predicted molar refractivity (Wildman–Crippen MR) is 54.7 cm³/mol. The largest absolute Gasteiger partial charge is 0.394 e. The van der Waals surface area contributed by atoms with E-state index < -0.39 is 6.10 Å². The van der Waals surface area contributed by atoms with Gasteiger partial charge in [-0.25, -0.2) is 0 Å². The molecule has 0 aromatic rings. The summed E-state index contributed by atoms with van der Waals surface area (Å²) in [4.78, 5) is 6.00. The highest BCUT2D eigenvalue weighted by Crippen LogP contribution is 1.99. The molecule has 0 aromatic heterocycles. The van der Waals surface area contributed by atoms with Crippen molar-refractivity contribution in [2.45, 2.75) is 12.5 Å². The lowest BCUT2D eigenvalue weighted by molar-refractivity contribution is 0.0992. The topological polar surface area (TPSA) is 56.1 Å². The maximum atomic E-state index is 9.02. The second kappa shape index (κ2) is 5.43. The van der Waals surface area contributed by atoms with Crippen LogP contribution in [0.4, 0.5) is 0 Å². The van der Waals surface area contributed by atoms with E-state index in [-0.39, 0.29) is 13.0 Å². The first-order valence-electron chi connectivity index (χ1n) is 4.42.